The van der Waals surface area contributed by atoms with E-state index in [4.69, 9.17) is 10.5 Å². The predicted molar refractivity (Wildman–Crippen MR) is 48.4 cm³/mol. The van der Waals surface area contributed by atoms with Crippen molar-refractivity contribution in [2.24, 2.45) is 0 Å². The molecule has 2 rings (SSSR count). The number of aromatic amines is 1. The fourth-order valence-electron chi connectivity index (χ4n) is 1.35. The van der Waals surface area contributed by atoms with Gasteiger partial charge in [-0.25, -0.2) is 5.10 Å². The molecule has 1 aliphatic rings. The molecule has 0 bridgehead atoms. The lowest BCUT2D eigenvalue weighted by Gasteiger charge is -2.16. The van der Waals surface area contributed by atoms with E-state index in [0.29, 0.717) is 11.9 Å². The highest BCUT2D eigenvalue weighted by Crippen LogP contribution is 2.09. The smallest absolute Gasteiger partial charge is 0.246 e. The Bertz CT molecular complexity index is 266. The Kier molecular flexibility index (Phi) is 2.31. The molecule has 0 atom stereocenters. The van der Waals surface area contributed by atoms with Gasteiger partial charge in [-0.2, -0.15) is 4.98 Å². The topological polar surface area (TPSA) is 80.1 Å². The summed E-state index contributed by atoms with van der Waals surface area (Å²) in [6.07, 6.45) is 1.01. The van der Waals surface area contributed by atoms with E-state index >= 15 is 0 Å². The zero-order valence-corrected chi connectivity index (χ0v) is 7.36. The van der Waals surface area contributed by atoms with Gasteiger partial charge in [0.05, 0.1) is 6.61 Å². The van der Waals surface area contributed by atoms with Crippen molar-refractivity contribution in [3.8, 4) is 0 Å². The van der Waals surface area contributed by atoms with Crippen LogP contribution in [0.15, 0.2) is 0 Å². The summed E-state index contributed by atoms with van der Waals surface area (Å²) in [5, 5.41) is 6.61. The molecule has 3 N–H and O–H groups in total. The van der Waals surface area contributed by atoms with Crippen LogP contribution in [0.2, 0.25) is 0 Å². The summed E-state index contributed by atoms with van der Waals surface area (Å²) >= 11 is 0. The Morgan fingerprint density at radius 3 is 3.08 bits per heavy atom. The van der Waals surface area contributed by atoms with Gasteiger partial charge in [-0.3, -0.25) is 0 Å². The van der Waals surface area contributed by atoms with Crippen molar-refractivity contribution in [1.82, 2.24) is 15.2 Å². The van der Waals surface area contributed by atoms with E-state index in [-0.39, 0.29) is 0 Å². The van der Waals surface area contributed by atoms with E-state index in [0.717, 1.165) is 32.7 Å². The van der Waals surface area contributed by atoms with Gasteiger partial charge in [0.1, 0.15) is 0 Å². The van der Waals surface area contributed by atoms with Crippen molar-refractivity contribution in [2.75, 3.05) is 36.9 Å². The Labute approximate surface area is 76.1 Å². The molecule has 0 unspecified atom stereocenters. The van der Waals surface area contributed by atoms with Crippen LogP contribution in [-0.2, 0) is 4.74 Å². The molecule has 1 aliphatic heterocycles. The SMILES string of the molecule is Nc1nc(N2CCCOCC2)n[nH]1. The lowest BCUT2D eigenvalue weighted by Crippen LogP contribution is -2.26. The summed E-state index contributed by atoms with van der Waals surface area (Å²) in [5.41, 5.74) is 5.44. The molecule has 6 heteroatoms. The molecule has 6 nitrogen and oxygen atoms in total. The minimum Gasteiger partial charge on any atom is -0.380 e. The van der Waals surface area contributed by atoms with Crippen LogP contribution in [0.25, 0.3) is 0 Å². The number of anilines is 2. The summed E-state index contributed by atoms with van der Waals surface area (Å²) in [7, 11) is 0. The van der Waals surface area contributed by atoms with Gasteiger partial charge in [0.25, 0.3) is 0 Å². The summed E-state index contributed by atoms with van der Waals surface area (Å²) in [6, 6.07) is 0. The number of nitrogen functional groups attached to an aromatic ring is 1. The number of ether oxygens (including phenoxy) is 1. The van der Waals surface area contributed by atoms with E-state index in [1.807, 2.05) is 0 Å². The van der Waals surface area contributed by atoms with Crippen LogP contribution in [0.5, 0.6) is 0 Å². The Morgan fingerprint density at radius 1 is 1.38 bits per heavy atom. The normalized spacial score (nSPS) is 18.6. The average Bonchev–Trinajstić information content (AvgIpc) is 2.43. The number of nitrogens with one attached hydrogen (secondary N) is 1. The van der Waals surface area contributed by atoms with Crippen LogP contribution in [0, 0.1) is 0 Å². The standard InChI is InChI=1S/C7H13N5O/c8-6-9-7(11-10-6)12-2-1-4-13-5-3-12/h1-5H2,(H3,8,9,10,11). The summed E-state index contributed by atoms with van der Waals surface area (Å²) < 4.78 is 5.31. The summed E-state index contributed by atoms with van der Waals surface area (Å²) in [5.74, 6) is 1.03. The average molecular weight is 183 g/mol. The molecule has 13 heavy (non-hydrogen) atoms. The third-order valence-corrected chi connectivity index (χ3v) is 2.00. The van der Waals surface area contributed by atoms with Gasteiger partial charge in [-0.15, -0.1) is 5.10 Å². The van der Waals surface area contributed by atoms with Crippen molar-refractivity contribution >= 4 is 11.9 Å². The molecule has 1 aromatic heterocycles. The molecule has 0 saturated carbocycles. The summed E-state index contributed by atoms with van der Waals surface area (Å²) in [6.45, 7) is 3.30. The first-order valence-corrected chi connectivity index (χ1v) is 4.37. The van der Waals surface area contributed by atoms with Gasteiger partial charge in [0.2, 0.25) is 11.9 Å². The van der Waals surface area contributed by atoms with Crippen LogP contribution in [-0.4, -0.2) is 41.5 Å². The number of rotatable bonds is 1. The van der Waals surface area contributed by atoms with Gasteiger partial charge in [-0.1, -0.05) is 0 Å². The molecule has 0 spiro atoms. The van der Waals surface area contributed by atoms with E-state index in [1.54, 1.807) is 0 Å². The molecule has 0 aliphatic carbocycles. The highest BCUT2D eigenvalue weighted by atomic mass is 16.5. The molecule has 0 amide bonds. The minimum absolute atomic E-state index is 0.361. The molecular formula is C7H13N5O. The zero-order chi connectivity index (χ0) is 9.10. The fraction of sp³-hybridized carbons (Fsp3) is 0.714. The fourth-order valence-corrected chi connectivity index (χ4v) is 1.35. The maximum Gasteiger partial charge on any atom is 0.246 e. The molecule has 0 aromatic carbocycles. The molecule has 0 radical (unpaired) electrons. The Morgan fingerprint density at radius 2 is 2.31 bits per heavy atom. The molecule has 1 aromatic rings. The number of nitrogens with two attached hydrogens (primary N) is 1. The van der Waals surface area contributed by atoms with Crippen LogP contribution < -0.4 is 10.6 Å². The number of H-pyrrole nitrogens is 1. The largest absolute Gasteiger partial charge is 0.380 e. The molecule has 1 fully saturated rings. The van der Waals surface area contributed by atoms with Gasteiger partial charge in [0.15, 0.2) is 0 Å². The van der Waals surface area contributed by atoms with E-state index in [9.17, 15) is 0 Å². The van der Waals surface area contributed by atoms with Crippen LogP contribution in [0.1, 0.15) is 6.42 Å². The van der Waals surface area contributed by atoms with Crippen LogP contribution >= 0.6 is 0 Å². The molecular weight excluding hydrogens is 170 g/mol. The monoisotopic (exact) mass is 183 g/mol. The third-order valence-electron chi connectivity index (χ3n) is 2.00. The lowest BCUT2D eigenvalue weighted by molar-refractivity contribution is 0.152. The molecule has 72 valence electrons. The summed E-state index contributed by atoms with van der Waals surface area (Å²) in [4.78, 5) is 6.13. The molecule has 2 heterocycles. The lowest BCUT2D eigenvalue weighted by atomic mass is 10.4. The maximum atomic E-state index is 5.44. The third kappa shape index (κ3) is 1.89. The quantitative estimate of drug-likeness (QED) is 0.620. The van der Waals surface area contributed by atoms with Crippen molar-refractivity contribution in [3.05, 3.63) is 0 Å². The van der Waals surface area contributed by atoms with E-state index in [1.165, 1.54) is 0 Å². The Balaban J connectivity index is 2.06. The van der Waals surface area contributed by atoms with Gasteiger partial charge >= 0.3 is 0 Å². The highest BCUT2D eigenvalue weighted by Gasteiger charge is 2.13. The van der Waals surface area contributed by atoms with E-state index < -0.39 is 0 Å². The number of aromatic nitrogens is 3. The van der Waals surface area contributed by atoms with Crippen molar-refractivity contribution in [2.45, 2.75) is 6.42 Å². The van der Waals surface area contributed by atoms with Crippen molar-refractivity contribution in [1.29, 1.82) is 0 Å². The number of hydrogen-bond donors (Lipinski definition) is 2. The number of hydrogen-bond acceptors (Lipinski definition) is 5. The minimum atomic E-state index is 0.361. The van der Waals surface area contributed by atoms with Gasteiger partial charge in [0, 0.05) is 19.7 Å². The highest BCUT2D eigenvalue weighted by molar-refractivity contribution is 5.33. The van der Waals surface area contributed by atoms with Crippen molar-refractivity contribution in [3.63, 3.8) is 0 Å². The Hall–Kier alpha value is -1.30. The second-order valence-corrected chi connectivity index (χ2v) is 2.97. The maximum absolute atomic E-state index is 5.44. The first kappa shape index (κ1) is 8.31. The molecule has 1 saturated heterocycles. The van der Waals surface area contributed by atoms with Crippen LogP contribution in [0.4, 0.5) is 11.9 Å². The zero-order valence-electron chi connectivity index (χ0n) is 7.36. The number of nitrogens with zero attached hydrogens (tertiary/aromatic N) is 3. The second kappa shape index (κ2) is 3.61. The van der Waals surface area contributed by atoms with Crippen LogP contribution in [0.3, 0.4) is 0 Å². The van der Waals surface area contributed by atoms with Crippen molar-refractivity contribution < 1.29 is 4.74 Å². The van der Waals surface area contributed by atoms with E-state index in [2.05, 4.69) is 20.1 Å². The first-order chi connectivity index (χ1) is 6.36. The van der Waals surface area contributed by atoms with Gasteiger partial charge < -0.3 is 15.4 Å². The second-order valence-electron chi connectivity index (χ2n) is 2.97. The first-order valence-electron chi connectivity index (χ1n) is 4.37. The van der Waals surface area contributed by atoms with Gasteiger partial charge in [-0.05, 0) is 6.42 Å². The predicted octanol–water partition coefficient (Wildman–Crippen LogP) is -0.386.